The SMILES string of the molecule is C1CN2CCC23CCC13.Cc1c(C(N)=O)nn(CC2CC2)c1/C=C\C(C)c1nccs1. The van der Waals surface area contributed by atoms with Crippen LogP contribution in [0.2, 0.25) is 0 Å². The number of allylic oxidation sites excluding steroid dienone is 1. The van der Waals surface area contributed by atoms with Crippen molar-refractivity contribution in [1.82, 2.24) is 19.7 Å². The molecule has 2 N–H and O–H groups in total. The molecule has 4 aliphatic rings. The molecule has 4 fully saturated rings. The third-order valence-corrected chi connectivity index (χ3v) is 8.84. The fourth-order valence-corrected chi connectivity index (χ4v) is 6.19. The van der Waals surface area contributed by atoms with E-state index in [-0.39, 0.29) is 5.92 Å². The number of nitrogens with zero attached hydrogens (tertiary/aromatic N) is 4. The summed E-state index contributed by atoms with van der Waals surface area (Å²) in [5.41, 5.74) is 8.44. The number of thiazole rings is 1. The van der Waals surface area contributed by atoms with Crippen molar-refractivity contribution in [3.05, 3.63) is 39.6 Å². The topological polar surface area (TPSA) is 77.0 Å². The lowest BCUT2D eigenvalue weighted by Crippen LogP contribution is -2.63. The predicted octanol–water partition coefficient (Wildman–Crippen LogP) is 4.22. The monoisotopic (exact) mass is 439 g/mol. The molecule has 2 saturated carbocycles. The van der Waals surface area contributed by atoms with Gasteiger partial charge in [0.05, 0.1) is 10.7 Å². The first kappa shape index (κ1) is 20.9. The quantitative estimate of drug-likeness (QED) is 0.731. The minimum absolute atomic E-state index is 0.237. The van der Waals surface area contributed by atoms with Gasteiger partial charge in [-0.2, -0.15) is 5.10 Å². The van der Waals surface area contributed by atoms with Crippen molar-refractivity contribution in [3.63, 3.8) is 0 Å². The Morgan fingerprint density at radius 3 is 2.68 bits per heavy atom. The van der Waals surface area contributed by atoms with Gasteiger partial charge in [-0.25, -0.2) is 4.98 Å². The molecule has 2 aromatic heterocycles. The first-order valence-electron chi connectivity index (χ1n) is 11.7. The summed E-state index contributed by atoms with van der Waals surface area (Å²) in [6.45, 7) is 7.71. The van der Waals surface area contributed by atoms with Crippen LogP contribution in [-0.4, -0.2) is 44.2 Å². The summed E-state index contributed by atoms with van der Waals surface area (Å²) >= 11 is 1.65. The van der Waals surface area contributed by atoms with Crippen LogP contribution in [0.1, 0.15) is 78.1 Å². The van der Waals surface area contributed by atoms with Crippen molar-refractivity contribution in [2.24, 2.45) is 17.6 Å². The van der Waals surface area contributed by atoms with Crippen LogP contribution in [0, 0.1) is 18.8 Å². The Morgan fingerprint density at radius 2 is 2.16 bits per heavy atom. The van der Waals surface area contributed by atoms with Gasteiger partial charge in [0.1, 0.15) is 0 Å². The van der Waals surface area contributed by atoms with Crippen molar-refractivity contribution < 1.29 is 4.79 Å². The van der Waals surface area contributed by atoms with Crippen LogP contribution in [0.5, 0.6) is 0 Å². The Bertz CT molecular complexity index is 957. The fourth-order valence-electron chi connectivity index (χ4n) is 5.51. The molecule has 2 aliphatic carbocycles. The second kappa shape index (κ2) is 8.17. The molecule has 0 bridgehead atoms. The largest absolute Gasteiger partial charge is 0.364 e. The highest BCUT2D eigenvalue weighted by molar-refractivity contribution is 7.09. The molecule has 6 rings (SSSR count). The van der Waals surface area contributed by atoms with Crippen LogP contribution < -0.4 is 5.73 Å². The minimum Gasteiger partial charge on any atom is -0.364 e. The standard InChI is InChI=1S/C16H20N4OS.C8H13N/c1-10(16-18-7-8-22-16)3-6-13-11(2)14(15(17)21)19-20(13)9-12-4-5-12;1-3-8-4-6-9(8)5-2-7(1)8/h3,6-8,10,12H,4-5,9H2,1-2H3,(H2,17,21);7H,1-6H2/b6-3-;. The molecule has 7 heteroatoms. The van der Waals surface area contributed by atoms with Gasteiger partial charge in [0, 0.05) is 41.7 Å². The molecular formula is C24H33N5OS. The number of primary amides is 1. The maximum atomic E-state index is 11.5. The average molecular weight is 440 g/mol. The van der Waals surface area contributed by atoms with E-state index in [0.717, 1.165) is 34.3 Å². The normalized spacial score (nSPS) is 27.6. The predicted molar refractivity (Wildman–Crippen MR) is 124 cm³/mol. The number of rotatable bonds is 6. The summed E-state index contributed by atoms with van der Waals surface area (Å²) in [7, 11) is 0. The molecule has 1 amide bonds. The van der Waals surface area contributed by atoms with Crippen LogP contribution in [0.15, 0.2) is 17.7 Å². The van der Waals surface area contributed by atoms with Gasteiger partial charge in [0.25, 0.3) is 5.91 Å². The van der Waals surface area contributed by atoms with E-state index in [1.807, 2.05) is 29.3 Å². The van der Waals surface area contributed by atoms with Gasteiger partial charge in [0.15, 0.2) is 5.69 Å². The van der Waals surface area contributed by atoms with Gasteiger partial charge >= 0.3 is 0 Å². The number of carbonyl (C=O) groups is 1. The Kier molecular flexibility index (Phi) is 5.51. The summed E-state index contributed by atoms with van der Waals surface area (Å²) in [5, 5.41) is 7.47. The third-order valence-electron chi connectivity index (χ3n) is 7.86. The van der Waals surface area contributed by atoms with E-state index in [4.69, 9.17) is 5.73 Å². The smallest absolute Gasteiger partial charge is 0.269 e. The molecule has 2 aliphatic heterocycles. The van der Waals surface area contributed by atoms with Crippen molar-refractivity contribution in [2.45, 2.75) is 70.4 Å². The molecule has 2 saturated heterocycles. The van der Waals surface area contributed by atoms with Crippen molar-refractivity contribution >= 4 is 23.3 Å². The first-order valence-corrected chi connectivity index (χ1v) is 12.6. The van der Waals surface area contributed by atoms with Crippen LogP contribution in [0.4, 0.5) is 0 Å². The average Bonchev–Trinajstić information content (AvgIpc) is 3.17. The molecule has 6 nitrogen and oxygen atoms in total. The Labute approximate surface area is 188 Å². The van der Waals surface area contributed by atoms with Gasteiger partial charge < -0.3 is 5.73 Å². The molecule has 0 aromatic carbocycles. The van der Waals surface area contributed by atoms with Crippen LogP contribution in [0.25, 0.3) is 6.08 Å². The van der Waals surface area contributed by atoms with E-state index in [9.17, 15) is 4.79 Å². The second-order valence-electron chi connectivity index (χ2n) is 9.73. The number of hydrogen-bond donors (Lipinski definition) is 1. The van der Waals surface area contributed by atoms with Crippen molar-refractivity contribution in [3.8, 4) is 0 Å². The first-order chi connectivity index (χ1) is 15.0. The van der Waals surface area contributed by atoms with Crippen LogP contribution in [-0.2, 0) is 6.54 Å². The molecule has 0 radical (unpaired) electrons. The van der Waals surface area contributed by atoms with Crippen LogP contribution >= 0.6 is 11.3 Å². The molecule has 3 unspecified atom stereocenters. The maximum absolute atomic E-state index is 11.5. The van der Waals surface area contributed by atoms with Gasteiger partial charge in [-0.05, 0) is 69.9 Å². The molecule has 31 heavy (non-hydrogen) atoms. The summed E-state index contributed by atoms with van der Waals surface area (Å²) in [4.78, 5) is 18.6. The molecule has 3 atom stereocenters. The Balaban J connectivity index is 0.000000185. The molecule has 1 spiro atoms. The number of carbonyl (C=O) groups excluding carboxylic acids is 1. The number of hydrogen-bond acceptors (Lipinski definition) is 5. The van der Waals surface area contributed by atoms with Crippen molar-refractivity contribution in [2.75, 3.05) is 13.1 Å². The van der Waals surface area contributed by atoms with Crippen LogP contribution in [0.3, 0.4) is 0 Å². The van der Waals surface area contributed by atoms with E-state index in [0.29, 0.717) is 11.6 Å². The molecule has 166 valence electrons. The van der Waals surface area contributed by atoms with E-state index >= 15 is 0 Å². The Hall–Kier alpha value is -1.99. The Morgan fingerprint density at radius 1 is 1.32 bits per heavy atom. The number of amides is 1. The number of aromatic nitrogens is 3. The third kappa shape index (κ3) is 3.87. The zero-order valence-corrected chi connectivity index (χ0v) is 19.4. The summed E-state index contributed by atoms with van der Waals surface area (Å²) < 4.78 is 1.93. The van der Waals surface area contributed by atoms with Gasteiger partial charge in [-0.1, -0.05) is 13.0 Å². The fraction of sp³-hybridized carbons (Fsp3) is 0.625. The summed E-state index contributed by atoms with van der Waals surface area (Å²) in [6, 6.07) is 0. The molecule has 4 heterocycles. The zero-order valence-electron chi connectivity index (χ0n) is 18.6. The van der Waals surface area contributed by atoms with E-state index in [1.165, 1.54) is 51.6 Å². The lowest BCUT2D eigenvalue weighted by atomic mass is 9.62. The minimum atomic E-state index is -0.463. The number of nitrogens with two attached hydrogens (primary N) is 1. The second-order valence-corrected chi connectivity index (χ2v) is 10.7. The van der Waals surface area contributed by atoms with Crippen molar-refractivity contribution in [1.29, 1.82) is 0 Å². The van der Waals surface area contributed by atoms with E-state index < -0.39 is 5.91 Å². The highest BCUT2D eigenvalue weighted by Gasteiger charge is 2.59. The lowest BCUT2D eigenvalue weighted by molar-refractivity contribution is -0.0659. The zero-order chi connectivity index (χ0) is 21.6. The highest BCUT2D eigenvalue weighted by atomic mass is 32.1. The summed E-state index contributed by atoms with van der Waals surface area (Å²) in [5.74, 6) is 1.59. The van der Waals surface area contributed by atoms with Gasteiger partial charge in [-0.15, -0.1) is 11.3 Å². The highest BCUT2D eigenvalue weighted by Crippen LogP contribution is 2.57. The van der Waals surface area contributed by atoms with Gasteiger partial charge in [0.2, 0.25) is 0 Å². The maximum Gasteiger partial charge on any atom is 0.269 e. The molecular weight excluding hydrogens is 406 g/mol. The van der Waals surface area contributed by atoms with E-state index in [1.54, 1.807) is 11.3 Å². The van der Waals surface area contributed by atoms with Gasteiger partial charge in [-0.3, -0.25) is 14.4 Å². The lowest BCUT2D eigenvalue weighted by Gasteiger charge is -2.58. The summed E-state index contributed by atoms with van der Waals surface area (Å²) in [6.07, 6.45) is 14.6. The van der Waals surface area contributed by atoms with E-state index in [2.05, 4.69) is 28.0 Å². The molecule has 2 aromatic rings.